The number of benzene rings is 2. The molecule has 0 unspecified atom stereocenters. The lowest BCUT2D eigenvalue weighted by molar-refractivity contribution is 0.397. The van der Waals surface area contributed by atoms with E-state index in [0.29, 0.717) is 0 Å². The Morgan fingerprint density at radius 1 is 0.824 bits per heavy atom. The molecule has 0 aliphatic carbocycles. The Morgan fingerprint density at radius 2 is 1.35 bits per heavy atom. The minimum Gasteiger partial charge on any atom is -0.496 e. The Balaban J connectivity index is 2.59. The Bertz CT molecular complexity index is 484. The Labute approximate surface area is 107 Å². The van der Waals surface area contributed by atoms with Crippen LogP contribution < -0.4 is 9.47 Å². The number of hydrogen-bond donors (Lipinski definition) is 1. The number of thiol groups is 1. The summed E-state index contributed by atoms with van der Waals surface area (Å²) >= 11 is 4.28. The van der Waals surface area contributed by atoms with E-state index in [9.17, 15) is 0 Å². The van der Waals surface area contributed by atoms with Crippen LogP contribution in [0.5, 0.6) is 11.5 Å². The maximum atomic E-state index is 5.37. The lowest BCUT2D eigenvalue weighted by Crippen LogP contribution is -1.92. The van der Waals surface area contributed by atoms with Gasteiger partial charge in [0.25, 0.3) is 0 Å². The van der Waals surface area contributed by atoms with Crippen LogP contribution in [-0.2, 0) is 0 Å². The zero-order valence-electron chi connectivity index (χ0n) is 9.81. The third-order valence-electron chi connectivity index (χ3n) is 2.58. The molecule has 0 atom stereocenters. The van der Waals surface area contributed by atoms with Crippen LogP contribution in [0.25, 0.3) is 11.1 Å². The molecule has 0 heterocycles. The van der Waals surface area contributed by atoms with Crippen molar-refractivity contribution in [3.05, 3.63) is 42.5 Å². The van der Waals surface area contributed by atoms with Crippen molar-refractivity contribution in [3.63, 3.8) is 0 Å². The van der Waals surface area contributed by atoms with Crippen LogP contribution >= 0.6 is 12.6 Å². The highest BCUT2D eigenvalue weighted by atomic mass is 32.1. The smallest absolute Gasteiger partial charge is 0.130 e. The highest BCUT2D eigenvalue weighted by Crippen LogP contribution is 2.38. The summed E-state index contributed by atoms with van der Waals surface area (Å²) in [5, 5.41) is 0. The fraction of sp³-hybridized carbons (Fsp3) is 0.143. The number of ether oxygens (including phenoxy) is 2. The van der Waals surface area contributed by atoms with E-state index >= 15 is 0 Å². The molecule has 0 radical (unpaired) electrons. The van der Waals surface area contributed by atoms with E-state index in [-0.39, 0.29) is 0 Å². The molecule has 0 fully saturated rings. The Hall–Kier alpha value is -1.61. The standard InChI is InChI=1S/C14H14O2S/c1-15-12-4-3-5-13(16-2)14(12)10-6-8-11(17)9-7-10/h3-9,17H,1-2H3. The van der Waals surface area contributed by atoms with Gasteiger partial charge in [0.2, 0.25) is 0 Å². The molecule has 0 saturated heterocycles. The summed E-state index contributed by atoms with van der Waals surface area (Å²) in [5.74, 6) is 1.60. The fourth-order valence-corrected chi connectivity index (χ4v) is 1.91. The molecule has 2 rings (SSSR count). The predicted molar refractivity (Wildman–Crippen MR) is 72.2 cm³/mol. The monoisotopic (exact) mass is 246 g/mol. The van der Waals surface area contributed by atoms with E-state index in [1.165, 1.54) is 0 Å². The third-order valence-corrected chi connectivity index (χ3v) is 2.88. The summed E-state index contributed by atoms with van der Waals surface area (Å²) in [4.78, 5) is 0.933. The van der Waals surface area contributed by atoms with Crippen molar-refractivity contribution in [2.24, 2.45) is 0 Å². The van der Waals surface area contributed by atoms with Crippen molar-refractivity contribution in [2.75, 3.05) is 14.2 Å². The second-order valence-corrected chi connectivity index (χ2v) is 4.10. The maximum absolute atomic E-state index is 5.37. The van der Waals surface area contributed by atoms with E-state index < -0.39 is 0 Å². The van der Waals surface area contributed by atoms with Crippen LogP contribution in [0.3, 0.4) is 0 Å². The maximum Gasteiger partial charge on any atom is 0.130 e. The summed E-state index contributed by atoms with van der Waals surface area (Å²) in [5.41, 5.74) is 2.02. The van der Waals surface area contributed by atoms with E-state index in [4.69, 9.17) is 9.47 Å². The largest absolute Gasteiger partial charge is 0.496 e. The van der Waals surface area contributed by atoms with Crippen LogP contribution in [0.15, 0.2) is 47.4 Å². The number of rotatable bonds is 3. The van der Waals surface area contributed by atoms with E-state index in [1.807, 2.05) is 42.5 Å². The molecule has 2 aromatic rings. The molecule has 17 heavy (non-hydrogen) atoms. The van der Waals surface area contributed by atoms with Gasteiger partial charge in [0, 0.05) is 4.90 Å². The van der Waals surface area contributed by atoms with Crippen LogP contribution in [0, 0.1) is 0 Å². The summed E-state index contributed by atoms with van der Waals surface area (Å²) < 4.78 is 10.7. The van der Waals surface area contributed by atoms with E-state index in [0.717, 1.165) is 27.5 Å². The minimum atomic E-state index is 0.802. The van der Waals surface area contributed by atoms with Crippen molar-refractivity contribution >= 4 is 12.6 Å². The van der Waals surface area contributed by atoms with Gasteiger partial charge in [0.05, 0.1) is 19.8 Å². The number of hydrogen-bond acceptors (Lipinski definition) is 3. The van der Waals surface area contributed by atoms with Gasteiger partial charge in [-0.15, -0.1) is 12.6 Å². The van der Waals surface area contributed by atoms with Crippen molar-refractivity contribution in [1.29, 1.82) is 0 Å². The van der Waals surface area contributed by atoms with Crippen molar-refractivity contribution in [1.82, 2.24) is 0 Å². The lowest BCUT2D eigenvalue weighted by Gasteiger charge is -2.13. The molecule has 0 aromatic heterocycles. The third kappa shape index (κ3) is 2.39. The molecule has 3 heteroatoms. The molecular weight excluding hydrogens is 232 g/mol. The van der Waals surface area contributed by atoms with E-state index in [2.05, 4.69) is 12.6 Å². The van der Waals surface area contributed by atoms with Crippen LogP contribution in [-0.4, -0.2) is 14.2 Å². The molecule has 0 bridgehead atoms. The van der Waals surface area contributed by atoms with E-state index in [1.54, 1.807) is 14.2 Å². The average Bonchev–Trinajstić information content (AvgIpc) is 2.38. The molecule has 0 saturated carbocycles. The quantitative estimate of drug-likeness (QED) is 0.833. The van der Waals surface area contributed by atoms with Gasteiger partial charge in [0.1, 0.15) is 11.5 Å². The highest BCUT2D eigenvalue weighted by Gasteiger charge is 2.11. The first-order chi connectivity index (χ1) is 8.26. The molecule has 0 amide bonds. The SMILES string of the molecule is COc1cccc(OC)c1-c1ccc(S)cc1. The summed E-state index contributed by atoms with van der Waals surface area (Å²) in [6.45, 7) is 0. The van der Waals surface area contributed by atoms with Gasteiger partial charge in [-0.2, -0.15) is 0 Å². The normalized spacial score (nSPS) is 10.1. The van der Waals surface area contributed by atoms with Crippen LogP contribution in [0.1, 0.15) is 0 Å². The van der Waals surface area contributed by atoms with Gasteiger partial charge in [-0.1, -0.05) is 18.2 Å². The predicted octanol–water partition coefficient (Wildman–Crippen LogP) is 3.66. The summed E-state index contributed by atoms with van der Waals surface area (Å²) in [6, 6.07) is 13.7. The van der Waals surface area contributed by atoms with Crippen molar-refractivity contribution < 1.29 is 9.47 Å². The molecule has 0 aliphatic heterocycles. The first kappa shape index (κ1) is 11.9. The molecule has 0 aliphatic rings. The minimum absolute atomic E-state index is 0.802. The zero-order chi connectivity index (χ0) is 12.3. The topological polar surface area (TPSA) is 18.5 Å². The first-order valence-corrected chi connectivity index (χ1v) is 5.71. The average molecular weight is 246 g/mol. The molecule has 0 spiro atoms. The van der Waals surface area contributed by atoms with Gasteiger partial charge in [-0.05, 0) is 29.8 Å². The van der Waals surface area contributed by atoms with Crippen LogP contribution in [0.2, 0.25) is 0 Å². The Morgan fingerprint density at radius 3 is 1.82 bits per heavy atom. The van der Waals surface area contributed by atoms with Gasteiger partial charge < -0.3 is 9.47 Å². The Kier molecular flexibility index (Phi) is 3.59. The second-order valence-electron chi connectivity index (χ2n) is 3.58. The molecule has 2 aromatic carbocycles. The number of methoxy groups -OCH3 is 2. The fourth-order valence-electron chi connectivity index (χ4n) is 1.76. The lowest BCUT2D eigenvalue weighted by atomic mass is 10.0. The van der Waals surface area contributed by atoms with Crippen molar-refractivity contribution in [2.45, 2.75) is 4.90 Å². The van der Waals surface area contributed by atoms with Gasteiger partial charge in [-0.3, -0.25) is 0 Å². The summed E-state index contributed by atoms with van der Waals surface area (Å²) in [6.07, 6.45) is 0. The highest BCUT2D eigenvalue weighted by molar-refractivity contribution is 7.80. The molecule has 88 valence electrons. The zero-order valence-corrected chi connectivity index (χ0v) is 10.7. The molecule has 0 N–H and O–H groups in total. The second kappa shape index (κ2) is 5.15. The van der Waals surface area contributed by atoms with Gasteiger partial charge in [-0.25, -0.2) is 0 Å². The van der Waals surface area contributed by atoms with Crippen molar-refractivity contribution in [3.8, 4) is 22.6 Å². The van der Waals surface area contributed by atoms with Crippen LogP contribution in [0.4, 0.5) is 0 Å². The van der Waals surface area contributed by atoms with Gasteiger partial charge >= 0.3 is 0 Å². The first-order valence-electron chi connectivity index (χ1n) is 5.26. The molecule has 2 nitrogen and oxygen atoms in total. The molecular formula is C14H14O2S. The van der Waals surface area contributed by atoms with Gasteiger partial charge in [0.15, 0.2) is 0 Å². The summed E-state index contributed by atoms with van der Waals surface area (Å²) in [7, 11) is 3.32.